The lowest BCUT2D eigenvalue weighted by atomic mass is 10.1. The first kappa shape index (κ1) is 17.8. The van der Waals surface area contributed by atoms with Crippen LogP contribution in [0.15, 0.2) is 30.3 Å². The van der Waals surface area contributed by atoms with Crippen LogP contribution in [0, 0.1) is 0 Å². The van der Waals surface area contributed by atoms with Crippen molar-refractivity contribution in [3.05, 3.63) is 35.9 Å². The number of benzene rings is 1. The van der Waals surface area contributed by atoms with Crippen molar-refractivity contribution >= 4 is 10.1 Å². The number of ether oxygens (including phenoxy) is 4. The highest BCUT2D eigenvalue weighted by Gasteiger charge is 2.56. The van der Waals surface area contributed by atoms with Gasteiger partial charge in [-0.25, -0.2) is 0 Å². The Hall–Kier alpha value is -1.03. The van der Waals surface area contributed by atoms with Crippen LogP contribution in [0.1, 0.15) is 19.4 Å². The molecular weight excluding hydrogens is 336 g/mol. The van der Waals surface area contributed by atoms with Gasteiger partial charge in [-0.15, -0.1) is 0 Å². The minimum Gasteiger partial charge on any atom is -0.374 e. The predicted octanol–water partition coefficient (Wildman–Crippen LogP) is 1.42. The van der Waals surface area contributed by atoms with Crippen LogP contribution in [-0.2, 0) is 39.9 Å². The molecule has 134 valence electrons. The Balaban J connectivity index is 1.63. The molecule has 0 saturated carbocycles. The van der Waals surface area contributed by atoms with E-state index in [1.165, 1.54) is 0 Å². The van der Waals surface area contributed by atoms with Gasteiger partial charge < -0.3 is 18.9 Å². The van der Waals surface area contributed by atoms with Crippen molar-refractivity contribution < 1.29 is 31.5 Å². The molecule has 24 heavy (non-hydrogen) atoms. The minimum atomic E-state index is -3.66. The molecule has 0 aliphatic carbocycles. The van der Waals surface area contributed by atoms with Crippen LogP contribution < -0.4 is 0 Å². The lowest BCUT2D eigenvalue weighted by molar-refractivity contribution is -0.218. The highest BCUT2D eigenvalue weighted by Crippen LogP contribution is 2.39. The summed E-state index contributed by atoms with van der Waals surface area (Å²) in [4.78, 5) is 0. The zero-order chi connectivity index (χ0) is 17.4. The fraction of sp³-hybridized carbons (Fsp3) is 0.625. The Morgan fingerprint density at radius 1 is 1.17 bits per heavy atom. The van der Waals surface area contributed by atoms with Gasteiger partial charge in [0.25, 0.3) is 10.1 Å². The molecule has 0 amide bonds. The zero-order valence-electron chi connectivity index (χ0n) is 13.9. The first-order chi connectivity index (χ1) is 11.2. The van der Waals surface area contributed by atoms with E-state index >= 15 is 0 Å². The van der Waals surface area contributed by atoms with Gasteiger partial charge in [0.15, 0.2) is 12.1 Å². The van der Waals surface area contributed by atoms with Gasteiger partial charge in [0.2, 0.25) is 0 Å². The summed E-state index contributed by atoms with van der Waals surface area (Å²) in [6.07, 6.45) is -1.67. The SMILES string of the molecule is CC1(C)O[C@H]2O[C@H](COCc3ccccc3)[C@@H](OS(C)(=O)=O)[C@H]2O1. The summed E-state index contributed by atoms with van der Waals surface area (Å²) >= 11 is 0. The molecule has 0 N–H and O–H groups in total. The molecule has 1 aromatic rings. The third kappa shape index (κ3) is 4.33. The molecule has 0 spiro atoms. The van der Waals surface area contributed by atoms with E-state index < -0.39 is 40.5 Å². The fourth-order valence-corrected chi connectivity index (χ4v) is 3.50. The number of hydrogen-bond donors (Lipinski definition) is 0. The maximum atomic E-state index is 11.6. The Kier molecular flexibility index (Phi) is 4.96. The molecule has 2 heterocycles. The van der Waals surface area contributed by atoms with Crippen molar-refractivity contribution in [1.82, 2.24) is 0 Å². The normalized spacial score (nSPS) is 32.0. The van der Waals surface area contributed by atoms with E-state index in [0.29, 0.717) is 6.61 Å². The molecule has 0 radical (unpaired) electrons. The summed E-state index contributed by atoms with van der Waals surface area (Å²) in [7, 11) is -3.66. The van der Waals surface area contributed by atoms with E-state index in [9.17, 15) is 8.42 Å². The molecule has 0 aromatic heterocycles. The Morgan fingerprint density at radius 3 is 2.54 bits per heavy atom. The highest BCUT2D eigenvalue weighted by atomic mass is 32.2. The van der Waals surface area contributed by atoms with Crippen LogP contribution in [0.5, 0.6) is 0 Å². The van der Waals surface area contributed by atoms with E-state index in [4.69, 9.17) is 23.1 Å². The van der Waals surface area contributed by atoms with Crippen molar-refractivity contribution in [3.63, 3.8) is 0 Å². The third-order valence-corrected chi connectivity index (χ3v) is 4.34. The Morgan fingerprint density at radius 2 is 1.88 bits per heavy atom. The van der Waals surface area contributed by atoms with E-state index in [2.05, 4.69) is 0 Å². The number of fused-ring (bicyclic) bond motifs is 1. The van der Waals surface area contributed by atoms with Crippen LogP contribution in [0.25, 0.3) is 0 Å². The molecule has 3 rings (SSSR count). The van der Waals surface area contributed by atoms with Crippen molar-refractivity contribution in [3.8, 4) is 0 Å². The van der Waals surface area contributed by atoms with Gasteiger partial charge in [0, 0.05) is 0 Å². The molecule has 7 nitrogen and oxygen atoms in total. The average molecular weight is 358 g/mol. The second-order valence-corrected chi connectivity index (χ2v) is 8.01. The summed E-state index contributed by atoms with van der Waals surface area (Å²) in [5.41, 5.74) is 1.02. The van der Waals surface area contributed by atoms with Crippen molar-refractivity contribution in [2.45, 2.75) is 50.8 Å². The van der Waals surface area contributed by atoms with Crippen LogP contribution >= 0.6 is 0 Å². The summed E-state index contributed by atoms with van der Waals surface area (Å²) in [6.45, 7) is 4.06. The van der Waals surface area contributed by atoms with Gasteiger partial charge >= 0.3 is 0 Å². The van der Waals surface area contributed by atoms with Gasteiger partial charge in [-0.3, -0.25) is 4.18 Å². The molecule has 2 saturated heterocycles. The fourth-order valence-electron chi connectivity index (χ4n) is 2.87. The van der Waals surface area contributed by atoms with Gasteiger partial charge in [-0.2, -0.15) is 8.42 Å². The predicted molar refractivity (Wildman–Crippen MR) is 84.5 cm³/mol. The molecule has 8 heteroatoms. The van der Waals surface area contributed by atoms with Gasteiger partial charge in [0.05, 0.1) is 19.5 Å². The third-order valence-electron chi connectivity index (χ3n) is 3.77. The maximum absolute atomic E-state index is 11.6. The van der Waals surface area contributed by atoms with Crippen LogP contribution in [0.2, 0.25) is 0 Å². The largest absolute Gasteiger partial charge is 0.374 e. The molecule has 2 fully saturated rings. The highest BCUT2D eigenvalue weighted by molar-refractivity contribution is 7.86. The van der Waals surface area contributed by atoms with E-state index in [0.717, 1.165) is 11.8 Å². The summed E-state index contributed by atoms with van der Waals surface area (Å²) in [6, 6.07) is 9.67. The standard InChI is InChI=1S/C16H22O7S/c1-16(2)21-14-13(23-24(3,17)18)12(20-15(14)22-16)10-19-9-11-7-5-4-6-8-11/h4-8,12-15H,9-10H2,1-3H3/t12-,13-,14-,15-/m1/s1. The van der Waals surface area contributed by atoms with Crippen molar-refractivity contribution in [2.75, 3.05) is 12.9 Å². The maximum Gasteiger partial charge on any atom is 0.264 e. The van der Waals surface area contributed by atoms with Gasteiger partial charge in [-0.05, 0) is 19.4 Å². The molecule has 1 aromatic carbocycles. The monoisotopic (exact) mass is 358 g/mol. The molecule has 4 atom stereocenters. The average Bonchev–Trinajstić information content (AvgIpc) is 2.92. The lowest BCUT2D eigenvalue weighted by Crippen LogP contribution is -2.40. The number of rotatable bonds is 6. The topological polar surface area (TPSA) is 80.3 Å². The molecule has 2 aliphatic rings. The summed E-state index contributed by atoms with van der Waals surface area (Å²) in [5, 5.41) is 0. The van der Waals surface area contributed by atoms with E-state index in [1.807, 2.05) is 30.3 Å². The summed E-state index contributed by atoms with van der Waals surface area (Å²) < 4.78 is 51.1. The minimum absolute atomic E-state index is 0.176. The molecular formula is C16H22O7S. The van der Waals surface area contributed by atoms with Crippen LogP contribution in [0.3, 0.4) is 0 Å². The van der Waals surface area contributed by atoms with Crippen LogP contribution in [-0.4, -0.2) is 51.7 Å². The lowest BCUT2D eigenvalue weighted by Gasteiger charge is -2.25. The van der Waals surface area contributed by atoms with Crippen molar-refractivity contribution in [1.29, 1.82) is 0 Å². The Bertz CT molecular complexity index is 658. The van der Waals surface area contributed by atoms with Crippen LogP contribution in [0.4, 0.5) is 0 Å². The van der Waals surface area contributed by atoms with Crippen molar-refractivity contribution in [2.24, 2.45) is 0 Å². The van der Waals surface area contributed by atoms with Gasteiger partial charge in [-0.1, -0.05) is 30.3 Å². The second-order valence-electron chi connectivity index (χ2n) is 6.41. The molecule has 0 bridgehead atoms. The van der Waals surface area contributed by atoms with E-state index in [1.54, 1.807) is 13.8 Å². The Labute approximate surface area is 141 Å². The smallest absolute Gasteiger partial charge is 0.264 e. The number of hydrogen-bond acceptors (Lipinski definition) is 7. The zero-order valence-corrected chi connectivity index (χ0v) is 14.7. The first-order valence-corrected chi connectivity index (χ1v) is 9.56. The molecule has 0 unspecified atom stereocenters. The summed E-state index contributed by atoms with van der Waals surface area (Å²) in [5.74, 6) is -0.843. The second kappa shape index (κ2) is 6.70. The quantitative estimate of drug-likeness (QED) is 0.712. The first-order valence-electron chi connectivity index (χ1n) is 7.74. The molecule has 2 aliphatic heterocycles. The van der Waals surface area contributed by atoms with E-state index in [-0.39, 0.29) is 6.61 Å². The van der Waals surface area contributed by atoms with Gasteiger partial charge in [0.1, 0.15) is 18.3 Å².